The van der Waals surface area contributed by atoms with E-state index in [0.717, 1.165) is 25.5 Å². The number of aryl methyl sites for hydroxylation is 1. The smallest absolute Gasteiger partial charge is 0.339 e. The molecule has 6 nitrogen and oxygen atoms in total. The Morgan fingerprint density at radius 2 is 1.86 bits per heavy atom. The van der Waals surface area contributed by atoms with Crippen molar-refractivity contribution in [3.8, 4) is 0 Å². The predicted octanol–water partition coefficient (Wildman–Crippen LogP) is 1.01. The first-order chi connectivity index (χ1) is 9.85. The van der Waals surface area contributed by atoms with Crippen LogP contribution in [0.15, 0.2) is 29.2 Å². The Hall–Kier alpha value is -1.44. The SMILES string of the molecule is COC(=O)[C@H](OS(=O)(=O)c1ccc(C)cc1)[C@@H](O)C1CC1. The van der Waals surface area contributed by atoms with Crippen molar-refractivity contribution < 1.29 is 27.2 Å². The highest BCUT2D eigenvalue weighted by molar-refractivity contribution is 7.86. The van der Waals surface area contributed by atoms with Crippen LogP contribution in [0.25, 0.3) is 0 Å². The van der Waals surface area contributed by atoms with Crippen LogP contribution in [0, 0.1) is 12.8 Å². The number of aliphatic hydroxyl groups is 1. The van der Waals surface area contributed by atoms with E-state index in [2.05, 4.69) is 4.74 Å². The Labute approximate surface area is 123 Å². The van der Waals surface area contributed by atoms with E-state index in [1.165, 1.54) is 12.1 Å². The fourth-order valence-electron chi connectivity index (χ4n) is 1.93. The summed E-state index contributed by atoms with van der Waals surface area (Å²) in [6.45, 7) is 1.82. The molecule has 21 heavy (non-hydrogen) atoms. The van der Waals surface area contributed by atoms with Crippen molar-refractivity contribution in [2.45, 2.75) is 36.9 Å². The van der Waals surface area contributed by atoms with Gasteiger partial charge in [0.1, 0.15) is 0 Å². The zero-order chi connectivity index (χ0) is 15.6. The minimum Gasteiger partial charge on any atom is -0.467 e. The van der Waals surface area contributed by atoms with Crippen molar-refractivity contribution in [1.29, 1.82) is 0 Å². The first-order valence-electron chi connectivity index (χ1n) is 6.61. The van der Waals surface area contributed by atoms with Gasteiger partial charge < -0.3 is 9.84 Å². The molecule has 1 aromatic rings. The van der Waals surface area contributed by atoms with Gasteiger partial charge in [0, 0.05) is 0 Å². The fraction of sp³-hybridized carbons (Fsp3) is 0.500. The van der Waals surface area contributed by atoms with E-state index in [1.54, 1.807) is 12.1 Å². The molecule has 0 radical (unpaired) electrons. The van der Waals surface area contributed by atoms with Gasteiger partial charge in [-0.2, -0.15) is 8.42 Å². The van der Waals surface area contributed by atoms with E-state index in [-0.39, 0.29) is 10.8 Å². The number of methoxy groups -OCH3 is 1. The van der Waals surface area contributed by atoms with E-state index < -0.39 is 28.3 Å². The van der Waals surface area contributed by atoms with Crippen LogP contribution in [0.2, 0.25) is 0 Å². The van der Waals surface area contributed by atoms with Crippen LogP contribution in [0.5, 0.6) is 0 Å². The Bertz CT molecular complexity index is 603. The lowest BCUT2D eigenvalue weighted by Crippen LogP contribution is -2.40. The third kappa shape index (κ3) is 3.81. The molecule has 0 bridgehead atoms. The third-order valence-electron chi connectivity index (χ3n) is 3.39. The molecule has 7 heteroatoms. The van der Waals surface area contributed by atoms with Crippen LogP contribution in [0.1, 0.15) is 18.4 Å². The molecule has 0 amide bonds. The first kappa shape index (κ1) is 15.9. The highest BCUT2D eigenvalue weighted by Crippen LogP contribution is 2.35. The molecule has 116 valence electrons. The summed E-state index contributed by atoms with van der Waals surface area (Å²) in [6, 6.07) is 6.03. The van der Waals surface area contributed by atoms with Gasteiger partial charge in [-0.15, -0.1) is 0 Å². The van der Waals surface area contributed by atoms with Crippen LogP contribution in [-0.4, -0.2) is 38.8 Å². The number of ether oxygens (including phenoxy) is 1. The van der Waals surface area contributed by atoms with E-state index in [0.29, 0.717) is 0 Å². The molecule has 2 rings (SSSR count). The molecule has 1 aliphatic carbocycles. The molecule has 0 unspecified atom stereocenters. The number of hydrogen-bond acceptors (Lipinski definition) is 6. The summed E-state index contributed by atoms with van der Waals surface area (Å²) in [5.41, 5.74) is 0.900. The summed E-state index contributed by atoms with van der Waals surface area (Å²) in [4.78, 5) is 11.6. The maximum Gasteiger partial charge on any atom is 0.339 e. The van der Waals surface area contributed by atoms with Gasteiger partial charge in [0.25, 0.3) is 10.1 Å². The topological polar surface area (TPSA) is 89.9 Å². The first-order valence-corrected chi connectivity index (χ1v) is 8.02. The molecule has 1 aromatic carbocycles. The summed E-state index contributed by atoms with van der Waals surface area (Å²) < 4.78 is 33.8. The minimum absolute atomic E-state index is 0.0648. The second-order valence-corrected chi connectivity index (χ2v) is 6.71. The van der Waals surface area contributed by atoms with Gasteiger partial charge in [-0.25, -0.2) is 8.98 Å². The second-order valence-electron chi connectivity index (χ2n) is 5.14. The number of rotatable bonds is 6. The summed E-state index contributed by atoms with van der Waals surface area (Å²) in [7, 11) is -3.02. The summed E-state index contributed by atoms with van der Waals surface area (Å²) >= 11 is 0. The minimum atomic E-state index is -4.14. The summed E-state index contributed by atoms with van der Waals surface area (Å²) in [5, 5.41) is 10.0. The number of benzene rings is 1. The number of esters is 1. The zero-order valence-electron chi connectivity index (χ0n) is 11.9. The molecular formula is C14H18O6S. The average molecular weight is 314 g/mol. The van der Waals surface area contributed by atoms with Crippen LogP contribution in [-0.2, 0) is 23.8 Å². The Kier molecular flexibility index (Phi) is 4.65. The van der Waals surface area contributed by atoms with E-state index in [9.17, 15) is 18.3 Å². The number of carbonyl (C=O) groups excluding carboxylic acids is 1. The molecule has 1 aliphatic rings. The number of aliphatic hydroxyl groups excluding tert-OH is 1. The average Bonchev–Trinajstić information content (AvgIpc) is 3.28. The standard InChI is InChI=1S/C14H18O6S/c1-9-3-7-11(8-4-9)21(17,18)20-13(14(16)19-2)12(15)10-5-6-10/h3-4,7-8,10,12-13,15H,5-6H2,1-2H3/t12-,13+/m0/s1. The second kappa shape index (κ2) is 6.13. The Morgan fingerprint density at radius 1 is 1.29 bits per heavy atom. The fourth-order valence-corrected chi connectivity index (χ4v) is 2.98. The Morgan fingerprint density at radius 3 is 2.33 bits per heavy atom. The molecule has 0 saturated heterocycles. The molecule has 1 fully saturated rings. The molecule has 0 aromatic heterocycles. The molecule has 0 aliphatic heterocycles. The van der Waals surface area contributed by atoms with Gasteiger partial charge in [0.05, 0.1) is 18.1 Å². The van der Waals surface area contributed by atoms with Crippen LogP contribution in [0.4, 0.5) is 0 Å². The molecule has 0 heterocycles. The largest absolute Gasteiger partial charge is 0.467 e. The highest BCUT2D eigenvalue weighted by Gasteiger charge is 2.42. The summed E-state index contributed by atoms with van der Waals surface area (Å²) in [6.07, 6.45) is -1.24. The normalized spacial score (nSPS) is 18.0. The van der Waals surface area contributed by atoms with Crippen molar-refractivity contribution in [1.82, 2.24) is 0 Å². The maximum absolute atomic E-state index is 12.2. The van der Waals surface area contributed by atoms with Gasteiger partial charge >= 0.3 is 5.97 Å². The van der Waals surface area contributed by atoms with Crippen LogP contribution >= 0.6 is 0 Å². The van der Waals surface area contributed by atoms with Crippen molar-refractivity contribution in [2.24, 2.45) is 5.92 Å². The van der Waals surface area contributed by atoms with Crippen molar-refractivity contribution in [3.05, 3.63) is 29.8 Å². The van der Waals surface area contributed by atoms with Crippen molar-refractivity contribution >= 4 is 16.1 Å². The maximum atomic E-state index is 12.2. The number of hydrogen-bond donors (Lipinski definition) is 1. The molecule has 0 spiro atoms. The summed E-state index contributed by atoms with van der Waals surface area (Å²) in [5.74, 6) is -1.02. The van der Waals surface area contributed by atoms with E-state index in [4.69, 9.17) is 4.18 Å². The molecular weight excluding hydrogens is 296 g/mol. The lowest BCUT2D eigenvalue weighted by atomic mass is 10.1. The van der Waals surface area contributed by atoms with Gasteiger partial charge in [0.15, 0.2) is 0 Å². The lowest BCUT2D eigenvalue weighted by Gasteiger charge is -2.20. The van der Waals surface area contributed by atoms with Gasteiger partial charge in [-0.1, -0.05) is 17.7 Å². The van der Waals surface area contributed by atoms with Crippen molar-refractivity contribution in [2.75, 3.05) is 7.11 Å². The molecule has 1 N–H and O–H groups in total. The quantitative estimate of drug-likeness (QED) is 0.622. The van der Waals surface area contributed by atoms with E-state index in [1.807, 2.05) is 6.92 Å². The number of carbonyl (C=O) groups is 1. The van der Waals surface area contributed by atoms with Gasteiger partial charge in [-0.3, -0.25) is 0 Å². The monoisotopic (exact) mass is 314 g/mol. The van der Waals surface area contributed by atoms with Crippen LogP contribution < -0.4 is 0 Å². The van der Waals surface area contributed by atoms with E-state index >= 15 is 0 Å². The Balaban J connectivity index is 2.21. The molecule has 1 saturated carbocycles. The van der Waals surface area contributed by atoms with Gasteiger partial charge in [0.2, 0.25) is 6.10 Å². The highest BCUT2D eigenvalue weighted by atomic mass is 32.2. The van der Waals surface area contributed by atoms with Crippen molar-refractivity contribution in [3.63, 3.8) is 0 Å². The lowest BCUT2D eigenvalue weighted by molar-refractivity contribution is -0.154. The third-order valence-corrected chi connectivity index (χ3v) is 4.70. The van der Waals surface area contributed by atoms with Crippen LogP contribution in [0.3, 0.4) is 0 Å². The predicted molar refractivity (Wildman–Crippen MR) is 74.0 cm³/mol. The molecule has 2 atom stereocenters. The van der Waals surface area contributed by atoms with Gasteiger partial charge in [-0.05, 0) is 37.8 Å². The zero-order valence-corrected chi connectivity index (χ0v) is 12.7.